The number of nitrogens with one attached hydrogen (secondary N) is 1. The largest absolute Gasteiger partial charge is 0.378 e. The number of thiophene rings is 1. The van der Waals surface area contributed by atoms with Crippen molar-refractivity contribution in [1.82, 2.24) is 34.9 Å². The summed E-state index contributed by atoms with van der Waals surface area (Å²) >= 11 is 1.78. The Bertz CT molecular complexity index is 1400. The lowest BCUT2D eigenvalue weighted by Gasteiger charge is -2.35. The first-order chi connectivity index (χ1) is 18.0. The molecule has 0 saturated carbocycles. The fourth-order valence-corrected chi connectivity index (χ4v) is 6.22. The van der Waals surface area contributed by atoms with Crippen molar-refractivity contribution in [3.05, 3.63) is 35.3 Å². The number of hydrogen-bond donors (Lipinski definition) is 1. The maximum atomic E-state index is 12.4. The minimum Gasteiger partial charge on any atom is -0.378 e. The highest BCUT2D eigenvalue weighted by Crippen LogP contribution is 2.36. The Morgan fingerprint density at radius 2 is 1.92 bits per heavy atom. The van der Waals surface area contributed by atoms with E-state index < -0.39 is 0 Å². The van der Waals surface area contributed by atoms with Crippen molar-refractivity contribution in [2.45, 2.75) is 6.54 Å². The number of morpholine rings is 1. The number of benzene rings is 1. The number of piperazine rings is 1. The highest BCUT2D eigenvalue weighted by Gasteiger charge is 2.24. The molecule has 2 aliphatic heterocycles. The summed E-state index contributed by atoms with van der Waals surface area (Å²) in [6, 6.07) is 8.31. The van der Waals surface area contributed by atoms with Gasteiger partial charge in [-0.05, 0) is 26.2 Å². The van der Waals surface area contributed by atoms with E-state index in [0.717, 1.165) is 84.1 Å². The Labute approximate surface area is 219 Å². The third-order valence-corrected chi connectivity index (χ3v) is 8.10. The standard InChI is InChI=1S/C26H32N8O2S/c1-31(2)17-23(35)33-8-6-32(7-9-33)16-18-14-22-24(37-18)26(34-10-12-36-13-11-34)29-25(28-22)19-4-3-5-21-20(19)15-27-30-21/h3-5,14-15H,6-13,16-17H2,1-2H3,(H,27,30). The number of nitrogens with zero attached hydrogens (tertiary/aromatic N) is 7. The number of carbonyl (C=O) groups excluding carboxylic acids is 1. The molecule has 0 atom stereocenters. The molecule has 4 aromatic rings. The summed E-state index contributed by atoms with van der Waals surface area (Å²) in [7, 11) is 3.87. The molecule has 1 aromatic carbocycles. The molecule has 11 heteroatoms. The van der Waals surface area contributed by atoms with Crippen LogP contribution in [0.25, 0.3) is 32.5 Å². The van der Waals surface area contributed by atoms with Crippen molar-refractivity contribution in [3.8, 4) is 11.4 Å². The summed E-state index contributed by atoms with van der Waals surface area (Å²) in [6.45, 7) is 7.66. The molecule has 3 aromatic heterocycles. The van der Waals surface area contributed by atoms with Crippen LogP contribution >= 0.6 is 11.3 Å². The van der Waals surface area contributed by atoms with Crippen LogP contribution in [0.1, 0.15) is 4.88 Å². The molecule has 37 heavy (non-hydrogen) atoms. The monoisotopic (exact) mass is 520 g/mol. The first-order valence-corrected chi connectivity index (χ1v) is 13.6. The lowest BCUT2D eigenvalue weighted by Crippen LogP contribution is -2.50. The van der Waals surface area contributed by atoms with E-state index in [1.807, 2.05) is 42.2 Å². The number of rotatable bonds is 6. The molecule has 2 fully saturated rings. The molecule has 5 heterocycles. The molecule has 6 rings (SSSR count). The molecule has 0 spiro atoms. The molecule has 0 aliphatic carbocycles. The van der Waals surface area contributed by atoms with E-state index in [9.17, 15) is 4.79 Å². The van der Waals surface area contributed by atoms with Gasteiger partial charge < -0.3 is 19.4 Å². The second-order valence-corrected chi connectivity index (χ2v) is 11.1. The molecular formula is C26H32N8O2S. The maximum absolute atomic E-state index is 12.4. The SMILES string of the molecule is CN(C)CC(=O)N1CCN(Cc2cc3nc(-c4cccc5[nH]ncc45)nc(N4CCOCC4)c3s2)CC1. The molecular weight excluding hydrogens is 488 g/mol. The first kappa shape index (κ1) is 24.2. The second-order valence-electron chi connectivity index (χ2n) is 9.93. The number of hydrogen-bond acceptors (Lipinski definition) is 9. The molecule has 0 unspecified atom stereocenters. The molecule has 2 saturated heterocycles. The predicted molar refractivity (Wildman–Crippen MR) is 146 cm³/mol. The number of likely N-dealkylation sites (N-methyl/N-ethyl adjacent to an activating group) is 1. The number of amides is 1. The maximum Gasteiger partial charge on any atom is 0.236 e. The minimum atomic E-state index is 0.206. The fourth-order valence-electron chi connectivity index (χ4n) is 5.06. The number of anilines is 1. The summed E-state index contributed by atoms with van der Waals surface area (Å²) < 4.78 is 6.74. The van der Waals surface area contributed by atoms with Crippen LogP contribution in [-0.4, -0.2) is 114 Å². The zero-order chi connectivity index (χ0) is 25.4. The van der Waals surface area contributed by atoms with E-state index in [2.05, 4.69) is 32.1 Å². The van der Waals surface area contributed by atoms with E-state index in [1.165, 1.54) is 4.88 Å². The van der Waals surface area contributed by atoms with Gasteiger partial charge in [-0.3, -0.25) is 14.8 Å². The van der Waals surface area contributed by atoms with Gasteiger partial charge in [0, 0.05) is 61.6 Å². The van der Waals surface area contributed by atoms with E-state index >= 15 is 0 Å². The number of ether oxygens (including phenoxy) is 1. The van der Waals surface area contributed by atoms with Crippen molar-refractivity contribution in [2.24, 2.45) is 0 Å². The van der Waals surface area contributed by atoms with E-state index in [4.69, 9.17) is 14.7 Å². The normalized spacial score (nSPS) is 17.4. The fraction of sp³-hybridized carbons (Fsp3) is 0.462. The van der Waals surface area contributed by atoms with Crippen LogP contribution in [0.4, 0.5) is 5.82 Å². The quantitative estimate of drug-likeness (QED) is 0.414. The highest BCUT2D eigenvalue weighted by molar-refractivity contribution is 7.19. The minimum absolute atomic E-state index is 0.206. The van der Waals surface area contributed by atoms with E-state index in [-0.39, 0.29) is 5.91 Å². The van der Waals surface area contributed by atoms with Crippen molar-refractivity contribution in [2.75, 3.05) is 78.0 Å². The van der Waals surface area contributed by atoms with Gasteiger partial charge in [0.25, 0.3) is 0 Å². The van der Waals surface area contributed by atoms with Gasteiger partial charge in [-0.1, -0.05) is 12.1 Å². The molecule has 1 N–H and O–H groups in total. The summed E-state index contributed by atoms with van der Waals surface area (Å²) in [5, 5.41) is 8.29. The van der Waals surface area contributed by atoms with Crippen LogP contribution in [0.2, 0.25) is 0 Å². The molecule has 0 bridgehead atoms. The number of aromatic amines is 1. The summed E-state index contributed by atoms with van der Waals surface area (Å²) in [5.41, 5.74) is 2.93. The Kier molecular flexibility index (Phi) is 6.76. The zero-order valence-electron chi connectivity index (χ0n) is 21.3. The van der Waals surface area contributed by atoms with Crippen LogP contribution in [-0.2, 0) is 16.1 Å². The Balaban J connectivity index is 1.28. The highest BCUT2D eigenvalue weighted by atomic mass is 32.1. The van der Waals surface area contributed by atoms with Crippen LogP contribution < -0.4 is 4.90 Å². The van der Waals surface area contributed by atoms with Gasteiger partial charge in [0.2, 0.25) is 5.91 Å². The average molecular weight is 521 g/mol. The Morgan fingerprint density at radius 1 is 1.11 bits per heavy atom. The third kappa shape index (κ3) is 5.04. The van der Waals surface area contributed by atoms with Crippen molar-refractivity contribution in [1.29, 1.82) is 0 Å². The predicted octanol–water partition coefficient (Wildman–Crippen LogP) is 2.28. The number of fused-ring (bicyclic) bond motifs is 2. The van der Waals surface area contributed by atoms with Crippen molar-refractivity contribution in [3.63, 3.8) is 0 Å². The third-order valence-electron chi connectivity index (χ3n) is 7.00. The first-order valence-electron chi connectivity index (χ1n) is 12.8. The average Bonchev–Trinajstić information content (AvgIpc) is 3.55. The number of H-pyrrole nitrogens is 1. The van der Waals surface area contributed by atoms with Gasteiger partial charge in [-0.2, -0.15) is 5.10 Å². The van der Waals surface area contributed by atoms with Gasteiger partial charge in [-0.15, -0.1) is 11.3 Å². The summed E-state index contributed by atoms with van der Waals surface area (Å²) in [5.74, 6) is 1.91. The molecule has 2 aliphatic rings. The second kappa shape index (κ2) is 10.3. The number of carbonyl (C=O) groups is 1. The van der Waals surface area contributed by atoms with Crippen LogP contribution in [0.3, 0.4) is 0 Å². The summed E-state index contributed by atoms with van der Waals surface area (Å²) in [4.78, 5) is 32.5. The van der Waals surface area contributed by atoms with Gasteiger partial charge in [0.05, 0.1) is 41.7 Å². The Hall–Kier alpha value is -3.12. The molecule has 0 radical (unpaired) electrons. The van der Waals surface area contributed by atoms with Gasteiger partial charge in [0.1, 0.15) is 0 Å². The van der Waals surface area contributed by atoms with Crippen LogP contribution in [0, 0.1) is 0 Å². The van der Waals surface area contributed by atoms with Crippen molar-refractivity contribution >= 4 is 44.2 Å². The van der Waals surface area contributed by atoms with Crippen molar-refractivity contribution < 1.29 is 9.53 Å². The molecule has 1 amide bonds. The van der Waals surface area contributed by atoms with E-state index in [0.29, 0.717) is 19.8 Å². The van der Waals surface area contributed by atoms with Gasteiger partial charge in [-0.25, -0.2) is 9.97 Å². The molecule has 194 valence electrons. The summed E-state index contributed by atoms with van der Waals surface area (Å²) in [6.07, 6.45) is 1.84. The lowest BCUT2D eigenvalue weighted by atomic mass is 10.1. The Morgan fingerprint density at radius 3 is 2.70 bits per heavy atom. The smallest absolute Gasteiger partial charge is 0.236 e. The zero-order valence-corrected chi connectivity index (χ0v) is 22.1. The van der Waals surface area contributed by atoms with Gasteiger partial charge in [0.15, 0.2) is 11.6 Å². The molecule has 10 nitrogen and oxygen atoms in total. The van der Waals surface area contributed by atoms with Crippen LogP contribution in [0.15, 0.2) is 30.5 Å². The number of aromatic nitrogens is 4. The van der Waals surface area contributed by atoms with Gasteiger partial charge >= 0.3 is 0 Å². The topological polar surface area (TPSA) is 93.7 Å². The van der Waals surface area contributed by atoms with E-state index in [1.54, 1.807) is 11.3 Å². The lowest BCUT2D eigenvalue weighted by molar-refractivity contribution is -0.133. The van der Waals surface area contributed by atoms with Crippen LogP contribution in [0.5, 0.6) is 0 Å².